The molecule has 0 radical (unpaired) electrons. The van der Waals surface area contributed by atoms with Crippen LogP contribution in [-0.2, 0) is 14.4 Å². The highest BCUT2D eigenvalue weighted by molar-refractivity contribution is 9.10. The minimum Gasteiger partial charge on any atom is -0.495 e. The Labute approximate surface area is 194 Å². The van der Waals surface area contributed by atoms with Crippen LogP contribution in [0.2, 0.25) is 0 Å². The third kappa shape index (κ3) is 3.20. The number of rotatable bonds is 4. The van der Waals surface area contributed by atoms with Crippen molar-refractivity contribution in [3.05, 3.63) is 88.4 Å². The molecule has 32 heavy (non-hydrogen) atoms. The predicted octanol–water partition coefficient (Wildman–Crippen LogP) is 4.82. The van der Waals surface area contributed by atoms with E-state index in [4.69, 9.17) is 9.57 Å². The second-order valence-corrected chi connectivity index (χ2v) is 8.76. The fraction of sp³-hybridized carbons (Fsp3) is 0.200. The summed E-state index contributed by atoms with van der Waals surface area (Å²) < 4.78 is 6.30. The first kappa shape index (κ1) is 20.7. The molecule has 0 N–H and O–H groups in total. The van der Waals surface area contributed by atoms with E-state index in [1.54, 1.807) is 29.3 Å². The molecular formula is C25H21BrN2O4. The van der Waals surface area contributed by atoms with Gasteiger partial charge < -0.3 is 4.74 Å². The van der Waals surface area contributed by atoms with Gasteiger partial charge in [0.15, 0.2) is 6.10 Å². The summed E-state index contributed by atoms with van der Waals surface area (Å²) in [6, 6.07) is 22.1. The zero-order valence-electron chi connectivity index (χ0n) is 17.6. The van der Waals surface area contributed by atoms with Crippen LogP contribution in [0.25, 0.3) is 0 Å². The molecule has 2 amide bonds. The molecule has 162 valence electrons. The number of hydrogen-bond acceptors (Lipinski definition) is 5. The van der Waals surface area contributed by atoms with Crippen LogP contribution in [-0.4, -0.2) is 25.0 Å². The number of imide groups is 1. The van der Waals surface area contributed by atoms with Crippen LogP contribution in [0.15, 0.2) is 77.3 Å². The number of aryl methyl sites for hydroxylation is 1. The van der Waals surface area contributed by atoms with Crippen LogP contribution >= 0.6 is 15.9 Å². The number of amides is 2. The molecule has 5 rings (SSSR count). The Morgan fingerprint density at radius 2 is 1.62 bits per heavy atom. The Morgan fingerprint density at radius 1 is 0.906 bits per heavy atom. The average molecular weight is 493 g/mol. The number of carbonyl (C=O) groups is 2. The molecule has 2 fully saturated rings. The summed E-state index contributed by atoms with van der Waals surface area (Å²) in [5, 5.41) is 1.72. The topological polar surface area (TPSA) is 59.1 Å². The van der Waals surface area contributed by atoms with E-state index in [-0.39, 0.29) is 11.8 Å². The average Bonchev–Trinajstić information content (AvgIpc) is 3.30. The number of ether oxygens (including phenoxy) is 1. The first-order chi connectivity index (χ1) is 15.5. The molecule has 3 atom stereocenters. The number of fused-ring (bicyclic) bond motifs is 1. The van der Waals surface area contributed by atoms with Gasteiger partial charge in [0.05, 0.1) is 24.5 Å². The molecule has 2 saturated heterocycles. The second kappa shape index (κ2) is 8.07. The van der Waals surface area contributed by atoms with E-state index < -0.39 is 18.1 Å². The van der Waals surface area contributed by atoms with E-state index in [9.17, 15) is 9.59 Å². The molecule has 0 aromatic heterocycles. The standard InChI is InChI=1S/C25H21BrN2O4/c1-15-8-3-4-11-18(15)28-22(16-9-7-10-17(26)14-16)21-23(32-28)25(30)27(24(21)29)19-12-5-6-13-20(19)31-2/h3-14,21-23H,1-2H3/t21-,22-,23+/m0/s1. The summed E-state index contributed by atoms with van der Waals surface area (Å²) in [6.07, 6.45) is -0.920. The highest BCUT2D eigenvalue weighted by atomic mass is 79.9. The minimum atomic E-state index is -0.920. The van der Waals surface area contributed by atoms with E-state index in [1.165, 1.54) is 12.0 Å². The summed E-state index contributed by atoms with van der Waals surface area (Å²) in [7, 11) is 1.52. The van der Waals surface area contributed by atoms with Gasteiger partial charge in [-0.2, -0.15) is 0 Å². The van der Waals surface area contributed by atoms with E-state index in [0.717, 1.165) is 21.3 Å². The number of carbonyl (C=O) groups excluding carboxylic acids is 2. The van der Waals surface area contributed by atoms with Gasteiger partial charge in [-0.3, -0.25) is 14.4 Å². The molecule has 0 bridgehead atoms. The quantitative estimate of drug-likeness (QED) is 0.488. The fourth-order valence-corrected chi connectivity index (χ4v) is 4.93. The monoisotopic (exact) mass is 492 g/mol. The van der Waals surface area contributed by atoms with E-state index in [2.05, 4.69) is 15.9 Å². The summed E-state index contributed by atoms with van der Waals surface area (Å²) >= 11 is 3.53. The number of hydroxylamine groups is 1. The third-order valence-electron chi connectivity index (χ3n) is 5.98. The maximum Gasteiger partial charge on any atom is 0.266 e. The maximum absolute atomic E-state index is 13.7. The van der Waals surface area contributed by atoms with Crippen molar-refractivity contribution < 1.29 is 19.2 Å². The molecule has 3 aromatic rings. The zero-order chi connectivity index (χ0) is 22.4. The van der Waals surface area contributed by atoms with Crippen molar-refractivity contribution in [2.45, 2.75) is 19.1 Å². The Hall–Kier alpha value is -3.16. The van der Waals surface area contributed by atoms with Gasteiger partial charge >= 0.3 is 0 Å². The fourth-order valence-electron chi connectivity index (χ4n) is 4.52. The minimum absolute atomic E-state index is 0.300. The molecule has 7 heteroatoms. The van der Waals surface area contributed by atoms with Gasteiger partial charge in [-0.15, -0.1) is 0 Å². The lowest BCUT2D eigenvalue weighted by molar-refractivity contribution is -0.126. The van der Waals surface area contributed by atoms with E-state index in [0.29, 0.717) is 11.4 Å². The number of para-hydroxylation sites is 3. The van der Waals surface area contributed by atoms with E-state index >= 15 is 0 Å². The van der Waals surface area contributed by atoms with Gasteiger partial charge in [-0.1, -0.05) is 58.4 Å². The highest BCUT2D eigenvalue weighted by Crippen LogP contribution is 2.49. The first-order valence-corrected chi connectivity index (χ1v) is 11.1. The van der Waals surface area contributed by atoms with Crippen molar-refractivity contribution in [1.29, 1.82) is 0 Å². The summed E-state index contributed by atoms with van der Waals surface area (Å²) in [5.41, 5.74) is 3.14. The van der Waals surface area contributed by atoms with Crippen LogP contribution in [0, 0.1) is 12.8 Å². The molecule has 2 aliphatic heterocycles. The lowest BCUT2D eigenvalue weighted by Gasteiger charge is -2.30. The SMILES string of the molecule is COc1ccccc1N1C(=O)[C@@H]2[C@@H](ON(c3ccccc3C)[C@H]2c2cccc(Br)c2)C1=O. The third-order valence-corrected chi connectivity index (χ3v) is 6.48. The number of nitrogens with zero attached hydrogens (tertiary/aromatic N) is 2. The van der Waals surface area contributed by atoms with Gasteiger partial charge in [0, 0.05) is 4.47 Å². The normalized spacial score (nSPS) is 22.4. The Kier molecular flexibility index (Phi) is 5.23. The largest absolute Gasteiger partial charge is 0.495 e. The molecule has 0 saturated carbocycles. The van der Waals surface area contributed by atoms with Crippen molar-refractivity contribution in [1.82, 2.24) is 0 Å². The predicted molar refractivity (Wildman–Crippen MR) is 124 cm³/mol. The molecule has 3 aromatic carbocycles. The van der Waals surface area contributed by atoms with Crippen molar-refractivity contribution in [3.8, 4) is 5.75 Å². The van der Waals surface area contributed by atoms with Crippen molar-refractivity contribution in [2.24, 2.45) is 5.92 Å². The molecular weight excluding hydrogens is 472 g/mol. The summed E-state index contributed by atoms with van der Waals surface area (Å²) in [5.74, 6) is -0.920. The first-order valence-electron chi connectivity index (χ1n) is 10.3. The molecule has 6 nitrogen and oxygen atoms in total. The maximum atomic E-state index is 13.7. The Balaban J connectivity index is 1.62. The number of anilines is 2. The highest BCUT2D eigenvalue weighted by Gasteiger charge is 2.60. The number of benzene rings is 3. The van der Waals surface area contributed by atoms with Crippen molar-refractivity contribution >= 4 is 39.1 Å². The molecule has 2 aliphatic rings. The molecule has 2 heterocycles. The van der Waals surface area contributed by atoms with Gasteiger partial charge in [0.25, 0.3) is 5.91 Å². The van der Waals surface area contributed by atoms with Gasteiger partial charge in [0.1, 0.15) is 11.7 Å². The van der Waals surface area contributed by atoms with E-state index in [1.807, 2.05) is 55.5 Å². The van der Waals surface area contributed by atoms with Crippen LogP contribution < -0.4 is 14.7 Å². The lowest BCUT2D eigenvalue weighted by atomic mass is 9.90. The number of hydrogen-bond donors (Lipinski definition) is 0. The molecule has 0 unspecified atom stereocenters. The van der Waals surface area contributed by atoms with Gasteiger partial charge in [0.2, 0.25) is 5.91 Å². The van der Waals surface area contributed by atoms with Crippen LogP contribution in [0.1, 0.15) is 17.2 Å². The second-order valence-electron chi connectivity index (χ2n) is 7.85. The van der Waals surface area contributed by atoms with Gasteiger partial charge in [-0.25, -0.2) is 9.96 Å². The van der Waals surface area contributed by atoms with Gasteiger partial charge in [-0.05, 0) is 48.4 Å². The summed E-state index contributed by atoms with van der Waals surface area (Å²) in [4.78, 5) is 34.6. The smallest absolute Gasteiger partial charge is 0.266 e. The summed E-state index contributed by atoms with van der Waals surface area (Å²) in [6.45, 7) is 1.98. The lowest BCUT2D eigenvalue weighted by Crippen LogP contribution is -2.37. The molecule has 0 spiro atoms. The molecule has 0 aliphatic carbocycles. The van der Waals surface area contributed by atoms with Crippen LogP contribution in [0.5, 0.6) is 5.75 Å². The Morgan fingerprint density at radius 3 is 2.34 bits per heavy atom. The van der Waals surface area contributed by atoms with Crippen molar-refractivity contribution in [2.75, 3.05) is 17.1 Å². The number of halogens is 1. The van der Waals surface area contributed by atoms with Crippen LogP contribution in [0.4, 0.5) is 11.4 Å². The van der Waals surface area contributed by atoms with Crippen LogP contribution in [0.3, 0.4) is 0 Å². The Bertz CT molecular complexity index is 1210. The number of methoxy groups -OCH3 is 1. The zero-order valence-corrected chi connectivity index (χ0v) is 19.2. The van der Waals surface area contributed by atoms with Crippen molar-refractivity contribution in [3.63, 3.8) is 0 Å².